The van der Waals surface area contributed by atoms with Crippen LogP contribution in [0.25, 0.3) is 0 Å². The Kier molecular flexibility index (Phi) is 6.48. The molecular formula is C29H35Cl. The molecule has 0 saturated carbocycles. The Morgan fingerprint density at radius 2 is 0.933 bits per heavy atom. The molecule has 0 spiro atoms. The van der Waals surface area contributed by atoms with Crippen LogP contribution in [0.15, 0.2) is 60.7 Å². The molecule has 0 amide bonds. The molecular weight excluding hydrogens is 384 g/mol. The summed E-state index contributed by atoms with van der Waals surface area (Å²) in [5.74, 6) is 0. The van der Waals surface area contributed by atoms with Crippen molar-refractivity contribution >= 4 is 11.6 Å². The molecule has 30 heavy (non-hydrogen) atoms. The van der Waals surface area contributed by atoms with Gasteiger partial charge in [-0.2, -0.15) is 0 Å². The molecule has 0 heterocycles. The quantitative estimate of drug-likeness (QED) is 0.398. The minimum absolute atomic E-state index is 0.176. The predicted molar refractivity (Wildman–Crippen MR) is 132 cm³/mol. The Balaban J connectivity index is 1.83. The van der Waals surface area contributed by atoms with Gasteiger partial charge in [-0.05, 0) is 64.0 Å². The van der Waals surface area contributed by atoms with Gasteiger partial charge in [0.1, 0.15) is 0 Å². The van der Waals surface area contributed by atoms with Gasteiger partial charge >= 0.3 is 0 Å². The monoisotopic (exact) mass is 418 g/mol. The average Bonchev–Trinajstić information content (AvgIpc) is 2.65. The van der Waals surface area contributed by atoms with Crippen molar-refractivity contribution in [3.8, 4) is 0 Å². The zero-order chi connectivity index (χ0) is 22.1. The van der Waals surface area contributed by atoms with Crippen molar-refractivity contribution < 1.29 is 0 Å². The van der Waals surface area contributed by atoms with E-state index in [0.717, 1.165) is 17.9 Å². The maximum absolute atomic E-state index is 6.89. The van der Waals surface area contributed by atoms with Crippen molar-refractivity contribution in [2.24, 2.45) is 0 Å². The van der Waals surface area contributed by atoms with Crippen LogP contribution in [0, 0.1) is 6.92 Å². The Labute approximate surface area is 188 Å². The van der Waals surface area contributed by atoms with Crippen molar-refractivity contribution in [1.82, 2.24) is 0 Å². The summed E-state index contributed by atoms with van der Waals surface area (Å²) in [6, 6.07) is 22.4. The Morgan fingerprint density at radius 1 is 0.600 bits per heavy atom. The lowest BCUT2D eigenvalue weighted by Crippen LogP contribution is -2.10. The molecule has 0 fully saturated rings. The van der Waals surface area contributed by atoms with Crippen LogP contribution >= 0.6 is 11.6 Å². The first-order valence-corrected chi connectivity index (χ1v) is 11.3. The summed E-state index contributed by atoms with van der Waals surface area (Å²) in [7, 11) is 0. The van der Waals surface area contributed by atoms with Gasteiger partial charge in [0.15, 0.2) is 0 Å². The highest BCUT2D eigenvalue weighted by Gasteiger charge is 2.15. The molecule has 0 saturated heterocycles. The van der Waals surface area contributed by atoms with Gasteiger partial charge in [0.05, 0.1) is 0 Å². The SMILES string of the molecule is Cc1cc(Cc2ccc(C(C)(C)C)cc2)c(Cl)c(Cc2ccc(C(C)(C)C)cc2)c1. The van der Waals surface area contributed by atoms with Crippen LogP contribution < -0.4 is 0 Å². The van der Waals surface area contributed by atoms with Crippen molar-refractivity contribution in [2.75, 3.05) is 0 Å². The fourth-order valence-electron chi connectivity index (χ4n) is 3.87. The molecule has 0 aliphatic heterocycles. The van der Waals surface area contributed by atoms with Crippen LogP contribution in [0.5, 0.6) is 0 Å². The molecule has 0 bridgehead atoms. The maximum atomic E-state index is 6.89. The zero-order valence-corrected chi connectivity index (χ0v) is 20.3. The third-order valence-corrected chi connectivity index (χ3v) is 6.28. The van der Waals surface area contributed by atoms with Crippen molar-refractivity contribution in [2.45, 2.75) is 72.1 Å². The standard InChI is InChI=1S/C29H35Cl/c1-20-16-23(18-21-8-12-25(13-9-21)28(2,3)4)27(30)24(17-20)19-22-10-14-26(15-11-22)29(5,6)7/h8-17H,18-19H2,1-7H3. The van der Waals surface area contributed by atoms with E-state index in [2.05, 4.69) is 109 Å². The fourth-order valence-corrected chi connectivity index (χ4v) is 4.11. The van der Waals surface area contributed by atoms with Crippen LogP contribution in [-0.2, 0) is 23.7 Å². The lowest BCUT2D eigenvalue weighted by Gasteiger charge is -2.20. The Morgan fingerprint density at radius 3 is 1.23 bits per heavy atom. The van der Waals surface area contributed by atoms with E-state index in [1.165, 1.54) is 38.9 Å². The number of halogens is 1. The summed E-state index contributed by atoms with van der Waals surface area (Å²) in [5, 5.41) is 0.903. The largest absolute Gasteiger partial charge is 0.0837 e. The predicted octanol–water partition coefficient (Wildman–Crippen LogP) is 8.43. The van der Waals surface area contributed by atoms with E-state index in [1.54, 1.807) is 0 Å². The lowest BCUT2D eigenvalue weighted by molar-refractivity contribution is 0.590. The van der Waals surface area contributed by atoms with Crippen LogP contribution in [0.3, 0.4) is 0 Å². The molecule has 0 nitrogen and oxygen atoms in total. The molecule has 0 atom stereocenters. The van der Waals surface area contributed by atoms with Crippen molar-refractivity contribution in [3.05, 3.63) is 105 Å². The molecule has 1 heteroatoms. The normalized spacial score (nSPS) is 12.3. The van der Waals surface area contributed by atoms with Crippen LogP contribution in [0.4, 0.5) is 0 Å². The van der Waals surface area contributed by atoms with Crippen LogP contribution in [0.1, 0.15) is 80.5 Å². The van der Waals surface area contributed by atoms with Crippen LogP contribution in [-0.4, -0.2) is 0 Å². The van der Waals surface area contributed by atoms with Gasteiger partial charge in [-0.3, -0.25) is 0 Å². The molecule has 0 aliphatic carbocycles. The summed E-state index contributed by atoms with van der Waals surface area (Å²) in [4.78, 5) is 0. The first-order chi connectivity index (χ1) is 13.9. The number of hydrogen-bond donors (Lipinski definition) is 0. The van der Waals surface area contributed by atoms with Crippen molar-refractivity contribution in [3.63, 3.8) is 0 Å². The third kappa shape index (κ3) is 5.55. The van der Waals surface area contributed by atoms with Gasteiger partial charge < -0.3 is 0 Å². The summed E-state index contributed by atoms with van der Waals surface area (Å²) in [5.41, 5.74) is 9.36. The second kappa shape index (κ2) is 8.60. The minimum Gasteiger partial charge on any atom is -0.0837 e. The number of aryl methyl sites for hydroxylation is 1. The van der Waals surface area contributed by atoms with E-state index in [0.29, 0.717) is 0 Å². The average molecular weight is 419 g/mol. The minimum atomic E-state index is 0.176. The molecule has 0 radical (unpaired) electrons. The molecule has 3 aromatic rings. The Hall–Kier alpha value is -2.05. The van der Waals surface area contributed by atoms with Gasteiger partial charge in [0.25, 0.3) is 0 Å². The molecule has 3 rings (SSSR count). The molecule has 158 valence electrons. The maximum Gasteiger partial charge on any atom is 0.0476 e. The third-order valence-electron chi connectivity index (χ3n) is 5.80. The van der Waals surface area contributed by atoms with E-state index in [-0.39, 0.29) is 10.8 Å². The highest BCUT2D eigenvalue weighted by atomic mass is 35.5. The van der Waals surface area contributed by atoms with E-state index >= 15 is 0 Å². The van der Waals surface area contributed by atoms with Gasteiger partial charge in [-0.1, -0.05) is 119 Å². The van der Waals surface area contributed by atoms with E-state index < -0.39 is 0 Å². The van der Waals surface area contributed by atoms with E-state index in [9.17, 15) is 0 Å². The molecule has 0 unspecified atom stereocenters. The highest BCUT2D eigenvalue weighted by molar-refractivity contribution is 6.32. The molecule has 3 aromatic carbocycles. The van der Waals surface area contributed by atoms with Crippen molar-refractivity contribution in [1.29, 1.82) is 0 Å². The van der Waals surface area contributed by atoms with Gasteiger partial charge in [-0.15, -0.1) is 0 Å². The fraction of sp³-hybridized carbons (Fsp3) is 0.379. The summed E-state index contributed by atoms with van der Waals surface area (Å²) >= 11 is 6.89. The van der Waals surface area contributed by atoms with Crippen LogP contribution in [0.2, 0.25) is 5.02 Å². The molecule has 0 aliphatic rings. The topological polar surface area (TPSA) is 0 Å². The summed E-state index contributed by atoms with van der Waals surface area (Å²) < 4.78 is 0. The smallest absolute Gasteiger partial charge is 0.0476 e. The molecule has 0 aromatic heterocycles. The first kappa shape index (κ1) is 22.6. The first-order valence-electron chi connectivity index (χ1n) is 10.9. The summed E-state index contributed by atoms with van der Waals surface area (Å²) in [6.07, 6.45) is 1.72. The summed E-state index contributed by atoms with van der Waals surface area (Å²) in [6.45, 7) is 15.7. The Bertz CT molecular complexity index is 914. The van der Waals surface area contributed by atoms with Gasteiger partial charge in [-0.25, -0.2) is 0 Å². The highest BCUT2D eigenvalue weighted by Crippen LogP contribution is 2.30. The zero-order valence-electron chi connectivity index (χ0n) is 19.6. The number of hydrogen-bond acceptors (Lipinski definition) is 0. The van der Waals surface area contributed by atoms with Gasteiger partial charge in [0, 0.05) is 5.02 Å². The number of rotatable bonds is 4. The second-order valence-corrected chi connectivity index (χ2v) is 11.0. The number of benzene rings is 3. The second-order valence-electron chi connectivity index (χ2n) is 10.6. The molecule has 0 N–H and O–H groups in total. The van der Waals surface area contributed by atoms with E-state index in [4.69, 9.17) is 11.6 Å². The van der Waals surface area contributed by atoms with E-state index in [1.807, 2.05) is 0 Å². The lowest BCUT2D eigenvalue weighted by atomic mass is 9.86. The van der Waals surface area contributed by atoms with Gasteiger partial charge in [0.2, 0.25) is 0 Å².